The lowest BCUT2D eigenvalue weighted by atomic mass is 10.1. The number of likely N-dealkylation sites (N-methyl/N-ethyl adjacent to an activating group) is 1. The molecule has 0 aliphatic rings. The Kier molecular flexibility index (Phi) is 4.77. The third-order valence-corrected chi connectivity index (χ3v) is 3.79. The summed E-state index contributed by atoms with van der Waals surface area (Å²) in [6, 6.07) is 4.40. The SMILES string of the molecule is CCc1nc(C#N)c(NC[C@@H](c2ccsc2)N(C)C)o1. The molecule has 0 aliphatic heterocycles. The zero-order valence-electron chi connectivity index (χ0n) is 11.9. The van der Waals surface area contributed by atoms with Crippen LogP contribution in [0.5, 0.6) is 0 Å². The lowest BCUT2D eigenvalue weighted by Crippen LogP contribution is -2.26. The minimum atomic E-state index is 0.225. The normalized spacial score (nSPS) is 12.3. The lowest BCUT2D eigenvalue weighted by Gasteiger charge is -2.23. The average Bonchev–Trinajstić information content (AvgIpc) is 3.07. The Labute approximate surface area is 122 Å². The van der Waals surface area contributed by atoms with Gasteiger partial charge in [0.05, 0.1) is 6.04 Å². The zero-order valence-corrected chi connectivity index (χ0v) is 12.7. The summed E-state index contributed by atoms with van der Waals surface area (Å²) in [5.74, 6) is 1.05. The summed E-state index contributed by atoms with van der Waals surface area (Å²) in [7, 11) is 4.07. The molecule has 0 aromatic carbocycles. The van der Waals surface area contributed by atoms with Gasteiger partial charge in [-0.3, -0.25) is 0 Å². The van der Waals surface area contributed by atoms with E-state index in [1.165, 1.54) is 5.56 Å². The van der Waals surface area contributed by atoms with Crippen molar-refractivity contribution >= 4 is 17.2 Å². The van der Waals surface area contributed by atoms with Crippen LogP contribution in [0, 0.1) is 11.3 Å². The van der Waals surface area contributed by atoms with Crippen LogP contribution in [0.2, 0.25) is 0 Å². The molecule has 2 heterocycles. The van der Waals surface area contributed by atoms with Crippen molar-refractivity contribution in [3.05, 3.63) is 34.0 Å². The molecule has 1 N–H and O–H groups in total. The Morgan fingerprint density at radius 3 is 2.90 bits per heavy atom. The van der Waals surface area contributed by atoms with Crippen molar-refractivity contribution in [2.45, 2.75) is 19.4 Å². The molecule has 1 atom stereocenters. The molecule has 2 aromatic heterocycles. The summed E-state index contributed by atoms with van der Waals surface area (Å²) < 4.78 is 5.54. The number of nitrogens with one attached hydrogen (secondary N) is 1. The fourth-order valence-electron chi connectivity index (χ4n) is 1.96. The van der Waals surface area contributed by atoms with Crippen LogP contribution in [-0.4, -0.2) is 30.5 Å². The highest BCUT2D eigenvalue weighted by atomic mass is 32.1. The van der Waals surface area contributed by atoms with Crippen molar-refractivity contribution in [2.24, 2.45) is 0 Å². The first kappa shape index (κ1) is 14.6. The van der Waals surface area contributed by atoms with Gasteiger partial charge in [0.2, 0.25) is 11.6 Å². The standard InChI is InChI=1S/C14H18N4OS/c1-4-13-17-11(7-15)14(19-13)16-8-12(18(2)3)10-5-6-20-9-10/h5-6,9,12,16H,4,8H2,1-3H3/t12-/m0/s1. The van der Waals surface area contributed by atoms with E-state index in [0.717, 1.165) is 0 Å². The highest BCUT2D eigenvalue weighted by molar-refractivity contribution is 7.07. The molecule has 0 amide bonds. The van der Waals surface area contributed by atoms with Gasteiger partial charge in [0.25, 0.3) is 0 Å². The quantitative estimate of drug-likeness (QED) is 0.886. The number of rotatable bonds is 6. The van der Waals surface area contributed by atoms with Crippen LogP contribution in [0.1, 0.15) is 30.1 Å². The van der Waals surface area contributed by atoms with Crippen LogP contribution in [0.4, 0.5) is 5.88 Å². The van der Waals surface area contributed by atoms with Crippen molar-refractivity contribution in [3.8, 4) is 6.07 Å². The first-order chi connectivity index (χ1) is 9.65. The van der Waals surface area contributed by atoms with E-state index < -0.39 is 0 Å². The molecule has 6 heteroatoms. The maximum atomic E-state index is 9.06. The van der Waals surface area contributed by atoms with Crippen LogP contribution < -0.4 is 5.32 Å². The van der Waals surface area contributed by atoms with Gasteiger partial charge in [-0.25, -0.2) is 4.98 Å². The number of anilines is 1. The molecule has 0 radical (unpaired) electrons. The Balaban J connectivity index is 2.10. The third-order valence-electron chi connectivity index (χ3n) is 3.09. The third kappa shape index (κ3) is 3.18. The number of nitrogens with zero attached hydrogens (tertiary/aromatic N) is 3. The summed E-state index contributed by atoms with van der Waals surface area (Å²) in [5.41, 5.74) is 1.57. The molecule has 2 rings (SSSR count). The van der Waals surface area contributed by atoms with Crippen molar-refractivity contribution in [1.29, 1.82) is 5.26 Å². The molecular formula is C14H18N4OS. The summed E-state index contributed by atoms with van der Waals surface area (Å²) in [5, 5.41) is 16.5. The maximum absolute atomic E-state index is 9.06. The smallest absolute Gasteiger partial charge is 0.232 e. The number of nitriles is 1. The molecule has 0 saturated carbocycles. The van der Waals surface area contributed by atoms with E-state index in [1.54, 1.807) is 11.3 Å². The van der Waals surface area contributed by atoms with Gasteiger partial charge in [-0.1, -0.05) is 6.92 Å². The fourth-order valence-corrected chi connectivity index (χ4v) is 2.67. The molecule has 0 spiro atoms. The molecule has 0 unspecified atom stereocenters. The molecule has 20 heavy (non-hydrogen) atoms. The molecule has 0 fully saturated rings. The molecule has 0 saturated heterocycles. The molecule has 5 nitrogen and oxygen atoms in total. The average molecular weight is 290 g/mol. The van der Waals surface area contributed by atoms with Crippen LogP contribution in [-0.2, 0) is 6.42 Å². The van der Waals surface area contributed by atoms with Crippen molar-refractivity contribution < 1.29 is 4.42 Å². The van der Waals surface area contributed by atoms with Crippen molar-refractivity contribution in [1.82, 2.24) is 9.88 Å². The zero-order chi connectivity index (χ0) is 14.5. The number of aryl methyl sites for hydroxylation is 1. The summed E-state index contributed by atoms with van der Waals surface area (Å²) in [4.78, 5) is 6.27. The minimum Gasteiger partial charge on any atom is -0.424 e. The largest absolute Gasteiger partial charge is 0.424 e. The maximum Gasteiger partial charge on any atom is 0.232 e. The van der Waals surface area contributed by atoms with E-state index >= 15 is 0 Å². The topological polar surface area (TPSA) is 65.1 Å². The van der Waals surface area contributed by atoms with Crippen LogP contribution in [0.15, 0.2) is 21.2 Å². The fraction of sp³-hybridized carbons (Fsp3) is 0.429. The van der Waals surface area contributed by atoms with Crippen molar-refractivity contribution in [3.63, 3.8) is 0 Å². The van der Waals surface area contributed by atoms with E-state index in [0.29, 0.717) is 30.4 Å². The van der Waals surface area contributed by atoms with Crippen LogP contribution in [0.3, 0.4) is 0 Å². The highest BCUT2D eigenvalue weighted by Crippen LogP contribution is 2.23. The van der Waals surface area contributed by atoms with Gasteiger partial charge in [0.1, 0.15) is 6.07 Å². The second-order valence-corrected chi connectivity index (χ2v) is 5.45. The predicted octanol–water partition coefficient (Wildman–Crippen LogP) is 2.88. The second-order valence-electron chi connectivity index (χ2n) is 4.67. The van der Waals surface area contributed by atoms with Crippen LogP contribution in [0.25, 0.3) is 0 Å². The summed E-state index contributed by atoms with van der Waals surface area (Å²) in [6.45, 7) is 2.61. The van der Waals surface area contributed by atoms with E-state index in [1.807, 2.05) is 21.0 Å². The highest BCUT2D eigenvalue weighted by Gasteiger charge is 2.17. The van der Waals surface area contributed by atoms with Crippen LogP contribution >= 0.6 is 11.3 Å². The molecule has 106 valence electrons. The number of oxazole rings is 1. The Morgan fingerprint density at radius 1 is 1.55 bits per heavy atom. The second kappa shape index (κ2) is 6.55. The Morgan fingerprint density at radius 2 is 2.35 bits per heavy atom. The number of aromatic nitrogens is 1. The van der Waals surface area contributed by atoms with Gasteiger partial charge < -0.3 is 14.6 Å². The monoisotopic (exact) mass is 290 g/mol. The van der Waals surface area contributed by atoms with Gasteiger partial charge >= 0.3 is 0 Å². The minimum absolute atomic E-state index is 0.225. The van der Waals surface area contributed by atoms with Gasteiger partial charge in [0, 0.05) is 13.0 Å². The van der Waals surface area contributed by atoms with E-state index in [-0.39, 0.29) is 6.04 Å². The Bertz CT molecular complexity index is 583. The number of hydrogen-bond donors (Lipinski definition) is 1. The first-order valence-electron chi connectivity index (χ1n) is 6.47. The number of hydrogen-bond acceptors (Lipinski definition) is 6. The van der Waals surface area contributed by atoms with Gasteiger partial charge in [-0.05, 0) is 36.5 Å². The van der Waals surface area contributed by atoms with Gasteiger partial charge in [0.15, 0.2) is 5.89 Å². The lowest BCUT2D eigenvalue weighted by molar-refractivity contribution is 0.311. The molecule has 2 aromatic rings. The predicted molar refractivity (Wildman–Crippen MR) is 79.8 cm³/mol. The van der Waals surface area contributed by atoms with Crippen molar-refractivity contribution in [2.75, 3.05) is 26.0 Å². The van der Waals surface area contributed by atoms with E-state index in [9.17, 15) is 0 Å². The first-order valence-corrected chi connectivity index (χ1v) is 7.42. The summed E-state index contributed by atoms with van der Waals surface area (Å²) >= 11 is 1.68. The Hall–Kier alpha value is -1.84. The van der Waals surface area contributed by atoms with Gasteiger partial charge in [-0.15, -0.1) is 0 Å². The molecule has 0 bridgehead atoms. The van der Waals surface area contributed by atoms with Gasteiger partial charge in [-0.2, -0.15) is 16.6 Å². The van der Waals surface area contributed by atoms with E-state index in [4.69, 9.17) is 9.68 Å². The number of thiophene rings is 1. The molecular weight excluding hydrogens is 272 g/mol. The molecule has 0 aliphatic carbocycles. The van der Waals surface area contributed by atoms with E-state index in [2.05, 4.69) is 38.1 Å². The summed E-state index contributed by atoms with van der Waals surface area (Å²) in [6.07, 6.45) is 0.679.